The van der Waals surface area contributed by atoms with Crippen molar-refractivity contribution in [3.05, 3.63) is 24.0 Å². The van der Waals surface area contributed by atoms with Crippen LogP contribution in [0.25, 0.3) is 0 Å². The molecule has 0 spiro atoms. The van der Waals surface area contributed by atoms with E-state index in [0.717, 1.165) is 5.70 Å². The fraction of sp³-hybridized carbons (Fsp3) is 0.667. The molecule has 1 aliphatic heterocycles. The molecule has 1 unspecified atom stereocenters. The van der Waals surface area contributed by atoms with Crippen molar-refractivity contribution in [2.75, 3.05) is 7.05 Å². The van der Waals surface area contributed by atoms with Gasteiger partial charge < -0.3 is 10.6 Å². The minimum absolute atomic E-state index is 0.00391. The van der Waals surface area contributed by atoms with Gasteiger partial charge in [-0.15, -0.1) is 0 Å². The molecule has 0 radical (unpaired) electrons. The van der Waals surface area contributed by atoms with Gasteiger partial charge >= 0.3 is 0 Å². The molecule has 2 N–H and O–H groups in total. The fourth-order valence-electron chi connectivity index (χ4n) is 1.51. The molecular weight excluding hydrogens is 172 g/mol. The lowest BCUT2D eigenvalue weighted by molar-refractivity contribution is 0.372. The van der Waals surface area contributed by atoms with E-state index in [-0.39, 0.29) is 11.5 Å². The van der Waals surface area contributed by atoms with Crippen LogP contribution in [0.3, 0.4) is 0 Å². The molecular formula is C12H24N2. The summed E-state index contributed by atoms with van der Waals surface area (Å²) in [6, 6.07) is 0.00391. The minimum Gasteiger partial charge on any atom is -0.350 e. The molecule has 1 atom stereocenters. The van der Waals surface area contributed by atoms with Gasteiger partial charge in [0.2, 0.25) is 0 Å². The van der Waals surface area contributed by atoms with Gasteiger partial charge in [0.15, 0.2) is 0 Å². The first-order valence-corrected chi connectivity index (χ1v) is 5.24. The normalized spacial score (nSPS) is 21.6. The zero-order valence-corrected chi connectivity index (χ0v) is 10.4. The summed E-state index contributed by atoms with van der Waals surface area (Å²) in [7, 11) is 2.02. The zero-order valence-electron chi connectivity index (χ0n) is 10.4. The van der Waals surface area contributed by atoms with Crippen LogP contribution in [0.4, 0.5) is 0 Å². The van der Waals surface area contributed by atoms with Crippen LogP contribution in [0, 0.1) is 5.41 Å². The number of allylic oxidation sites excluding steroid dienone is 1. The first kappa shape index (κ1) is 13.2. The van der Waals surface area contributed by atoms with Crippen molar-refractivity contribution in [1.29, 1.82) is 0 Å². The van der Waals surface area contributed by atoms with Crippen LogP contribution in [-0.4, -0.2) is 18.0 Å². The summed E-state index contributed by atoms with van der Waals surface area (Å²) in [6.07, 6.45) is 2.09. The number of likely N-dealkylation sites (N-methyl/N-ethyl adjacent to an activating group) is 1. The fourth-order valence-corrected chi connectivity index (χ4v) is 1.51. The van der Waals surface area contributed by atoms with E-state index in [0.29, 0.717) is 0 Å². The van der Waals surface area contributed by atoms with E-state index in [9.17, 15) is 0 Å². The van der Waals surface area contributed by atoms with E-state index >= 15 is 0 Å². The van der Waals surface area contributed by atoms with Crippen LogP contribution in [0.5, 0.6) is 0 Å². The van der Waals surface area contributed by atoms with Crippen molar-refractivity contribution in [2.24, 2.45) is 11.1 Å². The van der Waals surface area contributed by atoms with Gasteiger partial charge in [0.1, 0.15) is 0 Å². The second kappa shape index (κ2) is 4.65. The molecule has 0 amide bonds. The van der Waals surface area contributed by atoms with Gasteiger partial charge in [-0.1, -0.05) is 41.2 Å². The highest BCUT2D eigenvalue weighted by Crippen LogP contribution is 2.34. The molecule has 0 aromatic carbocycles. The average Bonchev–Trinajstić information content (AvgIpc) is 2.36. The second-order valence-electron chi connectivity index (χ2n) is 4.38. The summed E-state index contributed by atoms with van der Waals surface area (Å²) in [6.45, 7) is 14.5. The topological polar surface area (TPSA) is 29.3 Å². The third-order valence-electron chi connectivity index (χ3n) is 2.28. The van der Waals surface area contributed by atoms with E-state index in [1.165, 1.54) is 5.70 Å². The SMILES string of the molecule is C=C1C(N)C=C(C(C)(C)C)N1C.CC. The molecule has 2 nitrogen and oxygen atoms in total. The smallest absolute Gasteiger partial charge is 0.0649 e. The van der Waals surface area contributed by atoms with Crippen LogP contribution in [0.1, 0.15) is 34.6 Å². The molecule has 1 heterocycles. The van der Waals surface area contributed by atoms with Crippen molar-refractivity contribution >= 4 is 0 Å². The van der Waals surface area contributed by atoms with Crippen molar-refractivity contribution in [3.8, 4) is 0 Å². The minimum atomic E-state index is 0.00391. The van der Waals surface area contributed by atoms with Gasteiger partial charge in [-0.05, 0) is 6.08 Å². The van der Waals surface area contributed by atoms with Crippen molar-refractivity contribution in [3.63, 3.8) is 0 Å². The molecule has 1 rings (SSSR count). The number of rotatable bonds is 0. The molecule has 0 bridgehead atoms. The average molecular weight is 196 g/mol. The summed E-state index contributed by atoms with van der Waals surface area (Å²) in [5.74, 6) is 0. The summed E-state index contributed by atoms with van der Waals surface area (Å²) in [5.41, 5.74) is 8.25. The number of nitrogens with zero attached hydrogens (tertiary/aromatic N) is 1. The van der Waals surface area contributed by atoms with E-state index in [1.54, 1.807) is 0 Å². The Morgan fingerprint density at radius 2 is 1.79 bits per heavy atom. The molecule has 0 aromatic heterocycles. The van der Waals surface area contributed by atoms with Crippen molar-refractivity contribution in [2.45, 2.75) is 40.7 Å². The molecule has 0 aliphatic carbocycles. The largest absolute Gasteiger partial charge is 0.350 e. The van der Waals surface area contributed by atoms with Crippen LogP contribution in [-0.2, 0) is 0 Å². The highest BCUT2D eigenvalue weighted by molar-refractivity contribution is 5.31. The highest BCUT2D eigenvalue weighted by Gasteiger charge is 2.29. The first-order chi connectivity index (χ1) is 6.34. The molecule has 0 aromatic rings. The van der Waals surface area contributed by atoms with Gasteiger partial charge in [-0.2, -0.15) is 0 Å². The van der Waals surface area contributed by atoms with Crippen LogP contribution in [0.15, 0.2) is 24.0 Å². The Bertz CT molecular complexity index is 233. The lowest BCUT2D eigenvalue weighted by atomic mass is 9.92. The Kier molecular flexibility index (Phi) is 4.40. The third-order valence-corrected chi connectivity index (χ3v) is 2.28. The quantitative estimate of drug-likeness (QED) is 0.645. The van der Waals surface area contributed by atoms with Gasteiger partial charge in [-0.3, -0.25) is 0 Å². The van der Waals surface area contributed by atoms with E-state index < -0.39 is 0 Å². The maximum absolute atomic E-state index is 5.84. The molecule has 82 valence electrons. The van der Waals surface area contributed by atoms with Gasteiger partial charge in [0.25, 0.3) is 0 Å². The first-order valence-electron chi connectivity index (χ1n) is 5.24. The van der Waals surface area contributed by atoms with E-state index in [1.807, 2.05) is 20.9 Å². The molecule has 0 saturated heterocycles. The Hall–Kier alpha value is -0.760. The van der Waals surface area contributed by atoms with E-state index in [4.69, 9.17) is 5.73 Å². The van der Waals surface area contributed by atoms with E-state index in [2.05, 4.69) is 38.3 Å². The third kappa shape index (κ3) is 2.61. The Morgan fingerprint density at radius 1 is 1.36 bits per heavy atom. The maximum atomic E-state index is 5.84. The Balaban J connectivity index is 0.000000791. The molecule has 1 aliphatic rings. The lowest BCUT2D eigenvalue weighted by Crippen LogP contribution is -2.25. The van der Waals surface area contributed by atoms with Crippen LogP contribution < -0.4 is 5.73 Å². The lowest BCUT2D eigenvalue weighted by Gasteiger charge is -2.28. The zero-order chi connectivity index (χ0) is 11.5. The summed E-state index contributed by atoms with van der Waals surface area (Å²) < 4.78 is 0. The standard InChI is InChI=1S/C10H18N2.C2H6/c1-7-8(11)6-9(12(7)5)10(2,3)4;1-2/h6,8H,1,11H2,2-5H3;1-2H3. The molecule has 2 heteroatoms. The predicted molar refractivity (Wildman–Crippen MR) is 63.8 cm³/mol. The second-order valence-corrected chi connectivity index (χ2v) is 4.38. The number of hydrogen-bond acceptors (Lipinski definition) is 2. The molecule has 14 heavy (non-hydrogen) atoms. The van der Waals surface area contributed by atoms with Crippen molar-refractivity contribution < 1.29 is 0 Å². The maximum Gasteiger partial charge on any atom is 0.0649 e. The molecule has 0 saturated carbocycles. The van der Waals surface area contributed by atoms with Crippen LogP contribution in [0.2, 0.25) is 0 Å². The molecule has 0 fully saturated rings. The van der Waals surface area contributed by atoms with Gasteiger partial charge in [0, 0.05) is 23.9 Å². The van der Waals surface area contributed by atoms with Gasteiger partial charge in [0.05, 0.1) is 6.04 Å². The monoisotopic (exact) mass is 196 g/mol. The Morgan fingerprint density at radius 3 is 1.93 bits per heavy atom. The summed E-state index contributed by atoms with van der Waals surface area (Å²) in [4.78, 5) is 2.09. The number of hydrogen-bond donors (Lipinski definition) is 1. The van der Waals surface area contributed by atoms with Gasteiger partial charge in [-0.25, -0.2) is 0 Å². The summed E-state index contributed by atoms with van der Waals surface area (Å²) in [5, 5.41) is 0. The number of nitrogens with two attached hydrogens (primary N) is 1. The van der Waals surface area contributed by atoms with Crippen molar-refractivity contribution in [1.82, 2.24) is 4.90 Å². The Labute approximate surface area is 88.5 Å². The highest BCUT2D eigenvalue weighted by atomic mass is 15.2. The summed E-state index contributed by atoms with van der Waals surface area (Å²) >= 11 is 0. The predicted octanol–water partition coefficient (Wildman–Crippen LogP) is 2.73. The van der Waals surface area contributed by atoms with Crippen LogP contribution >= 0.6 is 0 Å².